The van der Waals surface area contributed by atoms with Gasteiger partial charge in [-0.1, -0.05) is 0 Å². The van der Waals surface area contributed by atoms with Crippen molar-refractivity contribution in [3.63, 3.8) is 0 Å². The number of alkyl halides is 3. The van der Waals surface area contributed by atoms with Crippen molar-refractivity contribution in [2.45, 2.75) is 51.0 Å². The largest absolute Gasteiger partial charge is 0.480 e. The Bertz CT molecular complexity index is 627. The maximum atomic E-state index is 12.5. The molecule has 0 aromatic carbocycles. The molecule has 1 unspecified atom stereocenters. The summed E-state index contributed by atoms with van der Waals surface area (Å²) in [5.41, 5.74) is -1.50. The topological polar surface area (TPSA) is 87.5 Å². The molecule has 1 aromatic heterocycles. The fourth-order valence-corrected chi connectivity index (χ4v) is 2.70. The molecule has 7 nitrogen and oxygen atoms in total. The van der Waals surface area contributed by atoms with Gasteiger partial charge < -0.3 is 15.3 Å². The molecule has 1 aliphatic rings. The average molecular weight is 348 g/mol. The zero-order valence-electron chi connectivity index (χ0n) is 13.3. The molecular formula is C14H19F3N4O3. The van der Waals surface area contributed by atoms with Crippen LogP contribution in [-0.2, 0) is 17.5 Å². The van der Waals surface area contributed by atoms with Gasteiger partial charge >= 0.3 is 18.2 Å². The third kappa shape index (κ3) is 3.98. The fourth-order valence-electron chi connectivity index (χ4n) is 2.70. The zero-order chi connectivity index (χ0) is 18.1. The molecule has 2 N–H and O–H groups in total. The van der Waals surface area contributed by atoms with Gasteiger partial charge in [-0.15, -0.1) is 0 Å². The van der Waals surface area contributed by atoms with E-state index in [1.807, 2.05) is 13.8 Å². The van der Waals surface area contributed by atoms with E-state index in [0.717, 1.165) is 29.8 Å². The summed E-state index contributed by atoms with van der Waals surface area (Å²) in [4.78, 5) is 25.1. The highest BCUT2D eigenvalue weighted by Crippen LogP contribution is 2.28. The molecule has 0 saturated carbocycles. The summed E-state index contributed by atoms with van der Waals surface area (Å²) < 4.78 is 38.4. The Labute approximate surface area is 136 Å². The molecule has 134 valence electrons. The van der Waals surface area contributed by atoms with E-state index in [2.05, 4.69) is 10.4 Å². The van der Waals surface area contributed by atoms with Crippen LogP contribution in [0.25, 0.3) is 0 Å². The fraction of sp³-hybridized carbons (Fsp3) is 0.643. The number of amides is 2. The van der Waals surface area contributed by atoms with E-state index in [1.54, 1.807) is 0 Å². The standard InChI is InChI=1S/C14H19F3N4O3/c1-13(2)5-3-6-21(13)12(24)18-9(11(22)23)8-20-7-4-10(19-20)14(15,16)17/h4,7,9H,3,5-6,8H2,1-2H3,(H,18,24)(H,22,23). The Kier molecular flexibility index (Phi) is 4.77. The Morgan fingerprint density at radius 2 is 2.12 bits per heavy atom. The van der Waals surface area contributed by atoms with Crippen molar-refractivity contribution in [2.24, 2.45) is 0 Å². The highest BCUT2D eigenvalue weighted by molar-refractivity contribution is 5.83. The number of hydrogen-bond donors (Lipinski definition) is 2. The van der Waals surface area contributed by atoms with Crippen LogP contribution in [0.15, 0.2) is 12.3 Å². The van der Waals surface area contributed by atoms with Crippen molar-refractivity contribution in [1.29, 1.82) is 0 Å². The highest BCUT2D eigenvalue weighted by Gasteiger charge is 2.37. The average Bonchev–Trinajstić information content (AvgIpc) is 3.03. The van der Waals surface area contributed by atoms with Crippen molar-refractivity contribution in [1.82, 2.24) is 20.0 Å². The lowest BCUT2D eigenvalue weighted by atomic mass is 10.0. The molecule has 2 rings (SSSR count). The van der Waals surface area contributed by atoms with Crippen molar-refractivity contribution in [3.8, 4) is 0 Å². The van der Waals surface area contributed by atoms with Gasteiger partial charge in [0, 0.05) is 18.3 Å². The second-order valence-electron chi connectivity index (χ2n) is 6.33. The van der Waals surface area contributed by atoms with Gasteiger partial charge in [0.1, 0.15) is 6.04 Å². The van der Waals surface area contributed by atoms with Crippen LogP contribution >= 0.6 is 0 Å². The van der Waals surface area contributed by atoms with Gasteiger partial charge in [0.15, 0.2) is 5.69 Å². The van der Waals surface area contributed by atoms with E-state index >= 15 is 0 Å². The van der Waals surface area contributed by atoms with E-state index in [4.69, 9.17) is 0 Å². The minimum Gasteiger partial charge on any atom is -0.480 e. The molecule has 1 aliphatic heterocycles. The van der Waals surface area contributed by atoms with Gasteiger partial charge in [0.2, 0.25) is 0 Å². The molecule has 2 heterocycles. The van der Waals surface area contributed by atoms with Crippen LogP contribution in [0.4, 0.5) is 18.0 Å². The zero-order valence-corrected chi connectivity index (χ0v) is 13.3. The lowest BCUT2D eigenvalue weighted by Gasteiger charge is -2.32. The van der Waals surface area contributed by atoms with Gasteiger partial charge in [-0.3, -0.25) is 4.68 Å². The predicted octanol–water partition coefficient (Wildman–Crippen LogP) is 1.94. The molecule has 1 aromatic rings. The summed E-state index contributed by atoms with van der Waals surface area (Å²) in [5, 5.41) is 14.9. The molecule has 24 heavy (non-hydrogen) atoms. The Morgan fingerprint density at radius 1 is 1.46 bits per heavy atom. The van der Waals surface area contributed by atoms with Gasteiger partial charge in [0.05, 0.1) is 6.54 Å². The summed E-state index contributed by atoms with van der Waals surface area (Å²) in [6, 6.07) is -1.17. The lowest BCUT2D eigenvalue weighted by molar-refractivity contribution is -0.141. The third-order valence-electron chi connectivity index (χ3n) is 4.04. The maximum Gasteiger partial charge on any atom is 0.435 e. The van der Waals surface area contributed by atoms with E-state index in [-0.39, 0.29) is 5.54 Å². The van der Waals surface area contributed by atoms with Crippen LogP contribution in [0, 0.1) is 0 Å². The Hall–Kier alpha value is -2.26. The number of hydrogen-bond acceptors (Lipinski definition) is 3. The van der Waals surface area contributed by atoms with Crippen LogP contribution in [-0.4, -0.2) is 49.9 Å². The SMILES string of the molecule is CC1(C)CCCN1C(=O)NC(Cn1ccc(C(F)(F)F)n1)C(=O)O. The number of aliphatic carboxylic acids is 1. The van der Waals surface area contributed by atoms with E-state index in [9.17, 15) is 27.9 Å². The molecule has 10 heteroatoms. The number of carbonyl (C=O) groups is 2. The first-order valence-electron chi connectivity index (χ1n) is 7.42. The summed E-state index contributed by atoms with van der Waals surface area (Å²) in [5.74, 6) is -1.34. The summed E-state index contributed by atoms with van der Waals surface area (Å²) >= 11 is 0. The minimum absolute atomic E-state index is 0.387. The minimum atomic E-state index is -4.60. The number of aromatic nitrogens is 2. The third-order valence-corrected chi connectivity index (χ3v) is 4.04. The van der Waals surface area contributed by atoms with Crippen molar-refractivity contribution in [2.75, 3.05) is 6.54 Å². The first-order chi connectivity index (χ1) is 11.0. The second kappa shape index (κ2) is 6.33. The Morgan fingerprint density at radius 3 is 2.58 bits per heavy atom. The summed E-state index contributed by atoms with van der Waals surface area (Å²) in [7, 11) is 0. The van der Waals surface area contributed by atoms with Crippen LogP contribution in [0.5, 0.6) is 0 Å². The van der Waals surface area contributed by atoms with E-state index in [1.165, 1.54) is 4.90 Å². The number of urea groups is 1. The summed E-state index contributed by atoms with van der Waals surface area (Å²) in [6.07, 6.45) is -1.96. The van der Waals surface area contributed by atoms with E-state index < -0.39 is 36.5 Å². The lowest BCUT2D eigenvalue weighted by Crippen LogP contribution is -2.53. The molecule has 0 bridgehead atoms. The number of rotatable bonds is 4. The smallest absolute Gasteiger partial charge is 0.435 e. The molecule has 1 saturated heterocycles. The summed E-state index contributed by atoms with van der Waals surface area (Å²) in [6.45, 7) is 3.85. The van der Waals surface area contributed by atoms with Crippen LogP contribution in [0.3, 0.4) is 0 Å². The first-order valence-corrected chi connectivity index (χ1v) is 7.42. The molecular weight excluding hydrogens is 329 g/mol. The number of halogens is 3. The van der Waals surface area contributed by atoms with Crippen molar-refractivity contribution < 1.29 is 27.9 Å². The highest BCUT2D eigenvalue weighted by atomic mass is 19.4. The second-order valence-corrected chi connectivity index (χ2v) is 6.33. The van der Waals surface area contributed by atoms with Gasteiger partial charge in [-0.25, -0.2) is 9.59 Å². The van der Waals surface area contributed by atoms with Crippen LogP contribution < -0.4 is 5.32 Å². The molecule has 0 radical (unpaired) electrons. The number of carbonyl (C=O) groups excluding carboxylic acids is 1. The van der Waals surface area contributed by atoms with Gasteiger partial charge in [-0.2, -0.15) is 18.3 Å². The number of likely N-dealkylation sites (tertiary alicyclic amines) is 1. The predicted molar refractivity (Wildman–Crippen MR) is 77.2 cm³/mol. The molecule has 1 fully saturated rings. The number of carboxylic acid groups (broad SMARTS) is 1. The number of carboxylic acids is 1. The van der Waals surface area contributed by atoms with Crippen molar-refractivity contribution >= 4 is 12.0 Å². The van der Waals surface area contributed by atoms with Gasteiger partial charge in [-0.05, 0) is 32.8 Å². The molecule has 1 atom stereocenters. The molecule has 2 amide bonds. The van der Waals surface area contributed by atoms with Crippen molar-refractivity contribution in [3.05, 3.63) is 18.0 Å². The van der Waals surface area contributed by atoms with E-state index in [0.29, 0.717) is 6.54 Å². The molecule has 0 aliphatic carbocycles. The normalized spacial score (nSPS) is 18.5. The van der Waals surface area contributed by atoms with Crippen LogP contribution in [0.1, 0.15) is 32.4 Å². The quantitative estimate of drug-likeness (QED) is 0.870. The number of nitrogens with zero attached hydrogens (tertiary/aromatic N) is 3. The maximum absolute atomic E-state index is 12.5. The Balaban J connectivity index is 2.06. The monoisotopic (exact) mass is 348 g/mol. The first kappa shape index (κ1) is 18.1. The van der Waals surface area contributed by atoms with Gasteiger partial charge in [0.25, 0.3) is 0 Å². The van der Waals surface area contributed by atoms with Crippen LogP contribution in [0.2, 0.25) is 0 Å². The molecule has 0 spiro atoms. The number of nitrogens with one attached hydrogen (secondary N) is 1.